The molecule has 2 aromatic carbocycles. The maximum Gasteiger partial charge on any atom is 0.268 e. The molecule has 152 valence electrons. The van der Waals surface area contributed by atoms with Crippen molar-refractivity contribution in [3.63, 3.8) is 0 Å². The normalized spacial score (nSPS) is 11.4. The number of rotatable bonds is 6. The Kier molecular flexibility index (Phi) is 7.28. The van der Waals surface area contributed by atoms with E-state index >= 15 is 0 Å². The SMILES string of the molecule is CC(C)c1ccc(/C=C(\C#N)C(=O)Nc2ncc(Cc3cc(Cl)ccc3Cl)s2)cc1. The number of nitriles is 1. The highest BCUT2D eigenvalue weighted by molar-refractivity contribution is 7.15. The number of hydrogen-bond acceptors (Lipinski definition) is 4. The van der Waals surface area contributed by atoms with Gasteiger partial charge in [0.05, 0.1) is 0 Å². The van der Waals surface area contributed by atoms with Crippen molar-refractivity contribution in [3.05, 3.63) is 85.8 Å². The summed E-state index contributed by atoms with van der Waals surface area (Å²) in [5.74, 6) is -0.0743. The highest BCUT2D eigenvalue weighted by Crippen LogP contribution is 2.27. The van der Waals surface area contributed by atoms with Gasteiger partial charge in [-0.1, -0.05) is 61.3 Å². The van der Waals surface area contributed by atoms with E-state index in [1.807, 2.05) is 36.4 Å². The van der Waals surface area contributed by atoms with Crippen molar-refractivity contribution in [2.45, 2.75) is 26.2 Å². The van der Waals surface area contributed by atoms with Crippen molar-refractivity contribution in [1.82, 2.24) is 4.98 Å². The molecule has 1 heterocycles. The molecule has 3 aromatic rings. The molecular formula is C23H19Cl2N3OS. The van der Waals surface area contributed by atoms with Crippen LogP contribution in [0.25, 0.3) is 6.08 Å². The fraction of sp³-hybridized carbons (Fsp3) is 0.174. The van der Waals surface area contributed by atoms with E-state index in [9.17, 15) is 10.1 Å². The molecule has 0 aliphatic carbocycles. The van der Waals surface area contributed by atoms with Gasteiger partial charge in [0, 0.05) is 27.5 Å². The number of amides is 1. The van der Waals surface area contributed by atoms with Crippen molar-refractivity contribution < 1.29 is 4.79 Å². The van der Waals surface area contributed by atoms with Gasteiger partial charge < -0.3 is 0 Å². The van der Waals surface area contributed by atoms with Crippen LogP contribution in [0.3, 0.4) is 0 Å². The molecule has 1 aromatic heterocycles. The fourth-order valence-corrected chi connectivity index (χ4v) is 3.98. The zero-order chi connectivity index (χ0) is 21.7. The fourth-order valence-electron chi connectivity index (χ4n) is 2.77. The Morgan fingerprint density at radius 3 is 2.63 bits per heavy atom. The maximum absolute atomic E-state index is 12.5. The van der Waals surface area contributed by atoms with E-state index in [0.717, 1.165) is 16.0 Å². The summed E-state index contributed by atoms with van der Waals surface area (Å²) in [6, 6.07) is 15.0. The Bertz CT molecular complexity index is 1130. The van der Waals surface area contributed by atoms with Gasteiger partial charge in [0.15, 0.2) is 5.13 Å². The van der Waals surface area contributed by atoms with Crippen molar-refractivity contribution in [3.8, 4) is 6.07 Å². The first-order valence-corrected chi connectivity index (χ1v) is 10.8. The minimum Gasteiger partial charge on any atom is -0.297 e. The highest BCUT2D eigenvalue weighted by Gasteiger charge is 2.13. The quantitative estimate of drug-likeness (QED) is 0.331. The van der Waals surface area contributed by atoms with Crippen LogP contribution in [0.1, 0.15) is 41.3 Å². The first-order valence-electron chi connectivity index (χ1n) is 9.27. The van der Waals surface area contributed by atoms with Gasteiger partial charge in [0.2, 0.25) is 0 Å². The van der Waals surface area contributed by atoms with Crippen molar-refractivity contribution in [2.75, 3.05) is 5.32 Å². The topological polar surface area (TPSA) is 65.8 Å². The molecule has 1 amide bonds. The molecule has 30 heavy (non-hydrogen) atoms. The number of anilines is 1. The van der Waals surface area contributed by atoms with E-state index in [1.165, 1.54) is 16.9 Å². The second-order valence-corrected chi connectivity index (χ2v) is 8.95. The average Bonchev–Trinajstić information content (AvgIpc) is 3.15. The molecule has 0 bridgehead atoms. The van der Waals surface area contributed by atoms with Gasteiger partial charge in [0.1, 0.15) is 11.6 Å². The number of carbonyl (C=O) groups is 1. The summed E-state index contributed by atoms with van der Waals surface area (Å²) < 4.78 is 0. The van der Waals surface area contributed by atoms with Crippen molar-refractivity contribution >= 4 is 51.7 Å². The summed E-state index contributed by atoms with van der Waals surface area (Å²) in [6.45, 7) is 4.23. The third-order valence-electron chi connectivity index (χ3n) is 4.43. The van der Waals surface area contributed by atoms with Crippen LogP contribution in [0.2, 0.25) is 10.0 Å². The van der Waals surface area contributed by atoms with Gasteiger partial charge in [-0.2, -0.15) is 5.26 Å². The Labute approximate surface area is 189 Å². The Morgan fingerprint density at radius 2 is 1.97 bits per heavy atom. The van der Waals surface area contributed by atoms with Gasteiger partial charge in [0.25, 0.3) is 5.91 Å². The Balaban J connectivity index is 1.70. The Hall–Kier alpha value is -2.65. The second-order valence-electron chi connectivity index (χ2n) is 6.99. The number of nitrogens with one attached hydrogen (secondary N) is 1. The van der Waals surface area contributed by atoms with Crippen LogP contribution in [0, 0.1) is 11.3 Å². The van der Waals surface area contributed by atoms with Gasteiger partial charge in [-0.15, -0.1) is 11.3 Å². The predicted octanol–water partition coefficient (Wildman–Crippen LogP) is 6.71. The molecule has 0 aliphatic heterocycles. The molecule has 4 nitrogen and oxygen atoms in total. The van der Waals surface area contributed by atoms with Crippen LogP contribution in [0.4, 0.5) is 5.13 Å². The molecule has 0 aliphatic rings. The largest absolute Gasteiger partial charge is 0.297 e. The second kappa shape index (κ2) is 9.90. The summed E-state index contributed by atoms with van der Waals surface area (Å²) in [7, 11) is 0. The van der Waals surface area contributed by atoms with E-state index in [-0.39, 0.29) is 5.57 Å². The molecule has 0 spiro atoms. The molecule has 0 fully saturated rings. The number of thiazole rings is 1. The number of nitrogens with zero attached hydrogens (tertiary/aromatic N) is 2. The van der Waals surface area contributed by atoms with E-state index in [4.69, 9.17) is 23.2 Å². The molecule has 0 unspecified atom stereocenters. The van der Waals surface area contributed by atoms with E-state index in [2.05, 4.69) is 24.1 Å². The number of carbonyl (C=O) groups excluding carboxylic acids is 1. The van der Waals surface area contributed by atoms with Gasteiger partial charge in [-0.05, 0) is 46.9 Å². The minimum absolute atomic E-state index is 0.0157. The van der Waals surface area contributed by atoms with Gasteiger partial charge >= 0.3 is 0 Å². The first-order chi connectivity index (χ1) is 14.4. The molecule has 1 N–H and O–H groups in total. The lowest BCUT2D eigenvalue weighted by Crippen LogP contribution is -2.13. The van der Waals surface area contributed by atoms with Crippen LogP contribution < -0.4 is 5.32 Å². The van der Waals surface area contributed by atoms with Crippen LogP contribution in [0.15, 0.2) is 54.2 Å². The first kappa shape index (κ1) is 22.0. The van der Waals surface area contributed by atoms with Crippen LogP contribution >= 0.6 is 34.5 Å². The smallest absolute Gasteiger partial charge is 0.268 e. The standard InChI is InChI=1S/C23H19Cl2N3OS/c1-14(2)16-5-3-15(4-6-16)9-18(12-26)22(29)28-23-27-13-20(30-23)11-17-10-19(24)7-8-21(17)25/h3-10,13-14H,11H2,1-2H3,(H,27,28,29)/b18-9+. The molecule has 0 radical (unpaired) electrons. The molecule has 7 heteroatoms. The summed E-state index contributed by atoms with van der Waals surface area (Å²) >= 11 is 13.6. The van der Waals surface area contributed by atoms with Gasteiger partial charge in [-0.3, -0.25) is 10.1 Å². The van der Waals surface area contributed by atoms with E-state index in [0.29, 0.717) is 27.5 Å². The van der Waals surface area contributed by atoms with Crippen molar-refractivity contribution in [1.29, 1.82) is 5.26 Å². The highest BCUT2D eigenvalue weighted by atomic mass is 35.5. The van der Waals surface area contributed by atoms with Crippen LogP contribution in [-0.4, -0.2) is 10.9 Å². The lowest BCUT2D eigenvalue weighted by molar-refractivity contribution is -0.112. The summed E-state index contributed by atoms with van der Waals surface area (Å²) in [5, 5.41) is 13.8. The number of aromatic nitrogens is 1. The third kappa shape index (κ3) is 5.70. The van der Waals surface area contributed by atoms with E-state index < -0.39 is 5.91 Å². The summed E-state index contributed by atoms with van der Waals surface area (Å²) in [4.78, 5) is 17.7. The monoisotopic (exact) mass is 455 g/mol. The Morgan fingerprint density at radius 1 is 1.23 bits per heavy atom. The predicted molar refractivity (Wildman–Crippen MR) is 124 cm³/mol. The molecular weight excluding hydrogens is 437 g/mol. The molecule has 0 atom stereocenters. The molecule has 3 rings (SSSR count). The number of benzene rings is 2. The summed E-state index contributed by atoms with van der Waals surface area (Å²) in [5.41, 5.74) is 2.89. The maximum atomic E-state index is 12.5. The zero-order valence-electron chi connectivity index (χ0n) is 16.4. The van der Waals surface area contributed by atoms with Crippen LogP contribution in [-0.2, 0) is 11.2 Å². The lowest BCUT2D eigenvalue weighted by atomic mass is 10.0. The van der Waals surface area contributed by atoms with Crippen LogP contribution in [0.5, 0.6) is 0 Å². The number of halogens is 2. The zero-order valence-corrected chi connectivity index (χ0v) is 18.8. The molecule has 0 saturated carbocycles. The molecule has 0 saturated heterocycles. The lowest BCUT2D eigenvalue weighted by Gasteiger charge is -2.05. The third-order valence-corrected chi connectivity index (χ3v) is 5.94. The van der Waals surface area contributed by atoms with Gasteiger partial charge in [-0.25, -0.2) is 4.98 Å². The minimum atomic E-state index is -0.493. The summed E-state index contributed by atoms with van der Waals surface area (Å²) in [6.07, 6.45) is 3.80. The number of hydrogen-bond donors (Lipinski definition) is 1. The van der Waals surface area contributed by atoms with E-state index in [1.54, 1.807) is 24.4 Å². The average molecular weight is 456 g/mol. The van der Waals surface area contributed by atoms with Crippen molar-refractivity contribution in [2.24, 2.45) is 0 Å².